The molecule has 2 aliphatic rings. The van der Waals surface area contributed by atoms with Gasteiger partial charge in [0, 0.05) is 45.9 Å². The minimum absolute atomic E-state index is 0. The number of aliphatic imine (C=N–C) groups is 1. The molecule has 6 nitrogen and oxygen atoms in total. The fourth-order valence-electron chi connectivity index (χ4n) is 3.74. The molecule has 3 atom stereocenters. The quantitative estimate of drug-likeness (QED) is 0.368. The molecule has 0 aromatic heterocycles. The Labute approximate surface area is 186 Å². The molecule has 0 amide bonds. The number of hydrogen-bond donors (Lipinski definition) is 1. The second-order valence-electron chi connectivity index (χ2n) is 7.58. The molecule has 0 bridgehead atoms. The van der Waals surface area contributed by atoms with Gasteiger partial charge in [0.1, 0.15) is 6.10 Å². The van der Waals surface area contributed by atoms with Crippen LogP contribution in [0.4, 0.5) is 0 Å². The van der Waals surface area contributed by atoms with Crippen LogP contribution in [0.25, 0.3) is 0 Å². The Kier molecular flexibility index (Phi) is 9.98. The van der Waals surface area contributed by atoms with Crippen LogP contribution in [0.2, 0.25) is 0 Å². The number of benzene rings is 1. The highest BCUT2D eigenvalue weighted by atomic mass is 127. The molecule has 1 aromatic rings. The minimum Gasteiger partial charge on any atom is -0.375 e. The van der Waals surface area contributed by atoms with E-state index in [1.54, 1.807) is 0 Å². The third kappa shape index (κ3) is 6.57. The number of nitrogens with zero attached hydrogens (tertiary/aromatic N) is 3. The lowest BCUT2D eigenvalue weighted by Gasteiger charge is -2.37. The lowest BCUT2D eigenvalue weighted by Crippen LogP contribution is -2.54. The van der Waals surface area contributed by atoms with E-state index in [2.05, 4.69) is 64.4 Å². The summed E-state index contributed by atoms with van der Waals surface area (Å²) >= 11 is 0. The van der Waals surface area contributed by atoms with Crippen LogP contribution >= 0.6 is 24.0 Å². The molecule has 1 N–H and O–H groups in total. The molecule has 2 heterocycles. The first kappa shape index (κ1) is 23.4. The summed E-state index contributed by atoms with van der Waals surface area (Å²) in [6, 6.07) is 11.0. The Morgan fingerprint density at radius 2 is 2.00 bits per heavy atom. The molecule has 28 heavy (non-hydrogen) atoms. The van der Waals surface area contributed by atoms with Gasteiger partial charge in [-0.2, -0.15) is 0 Å². The van der Waals surface area contributed by atoms with Crippen molar-refractivity contribution in [2.75, 3.05) is 46.9 Å². The first-order chi connectivity index (χ1) is 13.2. The molecular weight excluding hydrogens is 467 g/mol. The van der Waals surface area contributed by atoms with Gasteiger partial charge in [-0.05, 0) is 32.4 Å². The fourth-order valence-corrected chi connectivity index (χ4v) is 3.74. The molecule has 0 saturated carbocycles. The van der Waals surface area contributed by atoms with Crippen LogP contribution < -0.4 is 5.32 Å². The topological polar surface area (TPSA) is 49.3 Å². The number of morpholine rings is 1. The van der Waals surface area contributed by atoms with Crippen molar-refractivity contribution in [2.24, 2.45) is 4.99 Å². The van der Waals surface area contributed by atoms with E-state index < -0.39 is 0 Å². The standard InChI is InChI=1S/C21H34N4O2.HI/c1-17(24(3)15-18-8-5-4-6-9-18)14-23-21(22-2)25-11-13-27-20(16-25)19-10-7-12-26-19;/h4-6,8-9,17,19-20H,7,10-16H2,1-3H3,(H,22,23);1H. The SMILES string of the molecule is CN=C(NCC(C)N(C)Cc1ccccc1)N1CCOC(C2CCCO2)C1.I. The number of rotatable bonds is 6. The highest BCUT2D eigenvalue weighted by molar-refractivity contribution is 14.0. The van der Waals surface area contributed by atoms with E-state index in [1.165, 1.54) is 5.56 Å². The number of likely N-dealkylation sites (N-methyl/N-ethyl adjacent to an activating group) is 1. The second-order valence-corrected chi connectivity index (χ2v) is 7.58. The predicted molar refractivity (Wildman–Crippen MR) is 124 cm³/mol. The molecular formula is C21H35IN4O2. The van der Waals surface area contributed by atoms with E-state index in [0.717, 1.165) is 58.2 Å². The second kappa shape index (κ2) is 11.9. The lowest BCUT2D eigenvalue weighted by molar-refractivity contribution is -0.0817. The fraction of sp³-hybridized carbons (Fsp3) is 0.667. The molecule has 7 heteroatoms. The maximum absolute atomic E-state index is 5.96. The smallest absolute Gasteiger partial charge is 0.193 e. The van der Waals surface area contributed by atoms with Gasteiger partial charge in [-0.1, -0.05) is 30.3 Å². The van der Waals surface area contributed by atoms with Crippen LogP contribution in [-0.4, -0.2) is 81.0 Å². The average Bonchev–Trinajstić information content (AvgIpc) is 3.24. The molecule has 0 aliphatic carbocycles. The van der Waals surface area contributed by atoms with Gasteiger partial charge in [0.05, 0.1) is 12.7 Å². The van der Waals surface area contributed by atoms with Crippen molar-refractivity contribution in [1.82, 2.24) is 15.1 Å². The number of halogens is 1. The van der Waals surface area contributed by atoms with E-state index in [1.807, 2.05) is 7.05 Å². The van der Waals surface area contributed by atoms with E-state index >= 15 is 0 Å². The van der Waals surface area contributed by atoms with Crippen molar-refractivity contribution in [2.45, 2.75) is 44.6 Å². The molecule has 158 valence electrons. The van der Waals surface area contributed by atoms with Crippen LogP contribution in [0.1, 0.15) is 25.3 Å². The first-order valence-corrected chi connectivity index (χ1v) is 10.1. The van der Waals surface area contributed by atoms with Crippen LogP contribution in [0.15, 0.2) is 35.3 Å². The molecule has 3 unspecified atom stereocenters. The Bertz CT molecular complexity index is 595. The van der Waals surface area contributed by atoms with Crippen molar-refractivity contribution in [3.63, 3.8) is 0 Å². The molecule has 3 rings (SSSR count). The summed E-state index contributed by atoms with van der Waals surface area (Å²) in [7, 11) is 4.03. The van der Waals surface area contributed by atoms with Gasteiger partial charge in [0.2, 0.25) is 0 Å². The van der Waals surface area contributed by atoms with Crippen molar-refractivity contribution in [3.8, 4) is 0 Å². The Morgan fingerprint density at radius 1 is 1.25 bits per heavy atom. The monoisotopic (exact) mass is 502 g/mol. The maximum Gasteiger partial charge on any atom is 0.193 e. The van der Waals surface area contributed by atoms with E-state index in [9.17, 15) is 0 Å². The first-order valence-electron chi connectivity index (χ1n) is 10.1. The highest BCUT2D eigenvalue weighted by Crippen LogP contribution is 2.21. The number of ether oxygens (including phenoxy) is 2. The van der Waals surface area contributed by atoms with Crippen molar-refractivity contribution in [3.05, 3.63) is 35.9 Å². The molecule has 0 radical (unpaired) electrons. The normalized spacial score (nSPS) is 24.1. The average molecular weight is 502 g/mol. The van der Waals surface area contributed by atoms with Gasteiger partial charge in [-0.15, -0.1) is 24.0 Å². The minimum atomic E-state index is 0. The summed E-state index contributed by atoms with van der Waals surface area (Å²) in [6.07, 6.45) is 2.63. The molecule has 0 spiro atoms. The van der Waals surface area contributed by atoms with Crippen molar-refractivity contribution < 1.29 is 9.47 Å². The Morgan fingerprint density at radius 3 is 2.68 bits per heavy atom. The van der Waals surface area contributed by atoms with Crippen LogP contribution in [0.5, 0.6) is 0 Å². The summed E-state index contributed by atoms with van der Waals surface area (Å²) in [5, 5.41) is 3.55. The zero-order valence-corrected chi connectivity index (χ0v) is 19.7. The van der Waals surface area contributed by atoms with E-state index in [0.29, 0.717) is 6.04 Å². The van der Waals surface area contributed by atoms with Crippen LogP contribution in [0.3, 0.4) is 0 Å². The van der Waals surface area contributed by atoms with Crippen LogP contribution in [-0.2, 0) is 16.0 Å². The summed E-state index contributed by atoms with van der Waals surface area (Å²) < 4.78 is 11.8. The van der Waals surface area contributed by atoms with E-state index in [-0.39, 0.29) is 36.2 Å². The van der Waals surface area contributed by atoms with Crippen molar-refractivity contribution >= 4 is 29.9 Å². The summed E-state index contributed by atoms with van der Waals surface area (Å²) in [6.45, 7) is 7.36. The van der Waals surface area contributed by atoms with Gasteiger partial charge < -0.3 is 19.7 Å². The third-order valence-corrected chi connectivity index (χ3v) is 5.57. The molecule has 1 aromatic carbocycles. The highest BCUT2D eigenvalue weighted by Gasteiger charge is 2.32. The molecule has 2 saturated heterocycles. The van der Waals surface area contributed by atoms with Gasteiger partial charge in [0.25, 0.3) is 0 Å². The lowest BCUT2D eigenvalue weighted by atomic mass is 10.1. The Hall–Kier alpha value is -0.900. The van der Waals surface area contributed by atoms with Crippen molar-refractivity contribution in [1.29, 1.82) is 0 Å². The third-order valence-electron chi connectivity index (χ3n) is 5.57. The van der Waals surface area contributed by atoms with Gasteiger partial charge >= 0.3 is 0 Å². The number of nitrogens with one attached hydrogen (secondary N) is 1. The molecule has 2 fully saturated rings. The Balaban J connectivity index is 0.00000280. The summed E-state index contributed by atoms with van der Waals surface area (Å²) in [4.78, 5) is 9.18. The number of hydrogen-bond acceptors (Lipinski definition) is 4. The number of guanidine groups is 1. The maximum atomic E-state index is 5.96. The predicted octanol–water partition coefficient (Wildman–Crippen LogP) is 2.58. The zero-order valence-electron chi connectivity index (χ0n) is 17.3. The summed E-state index contributed by atoms with van der Waals surface area (Å²) in [5.74, 6) is 0.959. The van der Waals surface area contributed by atoms with E-state index in [4.69, 9.17) is 9.47 Å². The zero-order chi connectivity index (χ0) is 19.1. The molecule has 2 aliphatic heterocycles. The van der Waals surface area contributed by atoms with Gasteiger partial charge in [-0.25, -0.2) is 0 Å². The van der Waals surface area contributed by atoms with Gasteiger partial charge in [0.15, 0.2) is 5.96 Å². The summed E-state index contributed by atoms with van der Waals surface area (Å²) in [5.41, 5.74) is 1.34. The largest absolute Gasteiger partial charge is 0.375 e. The van der Waals surface area contributed by atoms with Crippen LogP contribution in [0, 0.1) is 0 Å². The van der Waals surface area contributed by atoms with Gasteiger partial charge in [-0.3, -0.25) is 9.89 Å².